The van der Waals surface area contributed by atoms with Crippen LogP contribution >= 0.6 is 0 Å². The maximum absolute atomic E-state index is 13.0. The van der Waals surface area contributed by atoms with Crippen molar-refractivity contribution in [2.45, 2.75) is 25.2 Å². The summed E-state index contributed by atoms with van der Waals surface area (Å²) in [6.45, 7) is 5.99. The minimum Gasteiger partial charge on any atom is -0.439 e. The predicted octanol–water partition coefficient (Wildman–Crippen LogP) is 3.76. The molecule has 208 valence electrons. The van der Waals surface area contributed by atoms with E-state index < -0.39 is 10.0 Å². The van der Waals surface area contributed by atoms with E-state index in [1.54, 1.807) is 18.0 Å². The van der Waals surface area contributed by atoms with Gasteiger partial charge in [0.15, 0.2) is 0 Å². The monoisotopic (exact) mass is 561 g/mol. The van der Waals surface area contributed by atoms with Crippen LogP contribution in [0, 0.1) is 13.8 Å². The molecule has 0 aliphatic carbocycles. The van der Waals surface area contributed by atoms with E-state index in [9.17, 15) is 13.2 Å². The van der Waals surface area contributed by atoms with Crippen LogP contribution in [-0.2, 0) is 21.9 Å². The Labute approximate surface area is 233 Å². The number of nitrogens with zero attached hydrogens (tertiary/aromatic N) is 6. The molecule has 3 heterocycles. The third kappa shape index (κ3) is 5.91. The molecule has 0 atom stereocenters. The minimum absolute atomic E-state index is 0.00413. The number of amides is 1. The fourth-order valence-electron chi connectivity index (χ4n) is 4.62. The molecule has 12 heteroatoms. The second-order valence-corrected chi connectivity index (χ2v) is 11.5. The first kappa shape index (κ1) is 27.1. The van der Waals surface area contributed by atoms with Crippen LogP contribution in [0.2, 0.25) is 0 Å². The number of nitrogens with one attached hydrogen (secondary N) is 1. The van der Waals surface area contributed by atoms with Crippen molar-refractivity contribution < 1.29 is 17.9 Å². The zero-order chi connectivity index (χ0) is 28.4. The molecule has 1 fully saturated rings. The van der Waals surface area contributed by atoms with Crippen LogP contribution in [0.25, 0.3) is 11.3 Å². The summed E-state index contributed by atoms with van der Waals surface area (Å²) < 4.78 is 36.0. The summed E-state index contributed by atoms with van der Waals surface area (Å²) >= 11 is 0. The third-order valence-corrected chi connectivity index (χ3v) is 8.09. The number of anilines is 2. The number of aromatic nitrogens is 4. The maximum Gasteiger partial charge on any atom is 0.267 e. The Bertz CT molecular complexity index is 1630. The Hall–Kier alpha value is -4.45. The molecule has 2 aromatic heterocycles. The van der Waals surface area contributed by atoms with E-state index in [4.69, 9.17) is 4.74 Å². The number of likely N-dealkylation sites (N-methyl/N-ethyl adjacent to an activating group) is 1. The Morgan fingerprint density at radius 2 is 1.68 bits per heavy atom. The molecule has 4 aromatic rings. The molecule has 1 amide bonds. The van der Waals surface area contributed by atoms with Gasteiger partial charge in [-0.05, 0) is 49.2 Å². The van der Waals surface area contributed by atoms with E-state index in [1.165, 1.54) is 17.1 Å². The number of carbonyl (C=O) groups is 1. The van der Waals surface area contributed by atoms with Crippen molar-refractivity contribution in [1.82, 2.24) is 24.6 Å². The van der Waals surface area contributed by atoms with Gasteiger partial charge in [-0.1, -0.05) is 18.2 Å². The molecule has 0 bridgehead atoms. The number of sulfonamides is 1. The van der Waals surface area contributed by atoms with E-state index in [1.807, 2.05) is 63.4 Å². The highest BCUT2D eigenvalue weighted by atomic mass is 32.2. The van der Waals surface area contributed by atoms with E-state index >= 15 is 0 Å². The van der Waals surface area contributed by atoms with Crippen molar-refractivity contribution in [1.29, 1.82) is 0 Å². The van der Waals surface area contributed by atoms with Crippen molar-refractivity contribution in [2.24, 2.45) is 7.05 Å². The summed E-state index contributed by atoms with van der Waals surface area (Å²) in [5, 5.41) is 3.95. The first-order valence-corrected chi connectivity index (χ1v) is 14.3. The first-order valence-electron chi connectivity index (χ1n) is 12.8. The number of hydrogen-bond donors (Lipinski definition) is 1. The fraction of sp³-hybridized carbons (Fsp3) is 0.286. The lowest BCUT2D eigenvalue weighted by atomic mass is 10.00. The van der Waals surface area contributed by atoms with Gasteiger partial charge in [0.1, 0.15) is 10.6 Å². The van der Waals surface area contributed by atoms with Crippen molar-refractivity contribution >= 4 is 27.6 Å². The van der Waals surface area contributed by atoms with Crippen molar-refractivity contribution in [2.75, 3.05) is 36.3 Å². The quantitative estimate of drug-likeness (QED) is 0.362. The smallest absolute Gasteiger partial charge is 0.267 e. The second-order valence-electron chi connectivity index (χ2n) is 9.79. The van der Waals surface area contributed by atoms with Gasteiger partial charge < -0.3 is 14.5 Å². The van der Waals surface area contributed by atoms with Crippen LogP contribution in [0.1, 0.15) is 17.5 Å². The zero-order valence-corrected chi connectivity index (χ0v) is 23.6. The van der Waals surface area contributed by atoms with E-state index in [0.717, 1.165) is 28.9 Å². The summed E-state index contributed by atoms with van der Waals surface area (Å²) in [6, 6.07) is 15.1. The van der Waals surface area contributed by atoms with Crippen LogP contribution in [0.3, 0.4) is 0 Å². The topological polar surface area (TPSA) is 123 Å². The average molecular weight is 562 g/mol. The highest BCUT2D eigenvalue weighted by molar-refractivity contribution is 7.92. The number of benzene rings is 2. The summed E-state index contributed by atoms with van der Waals surface area (Å²) in [5.41, 5.74) is 4.35. The summed E-state index contributed by atoms with van der Waals surface area (Å²) in [6.07, 6.45) is 3.12. The van der Waals surface area contributed by atoms with Crippen LogP contribution in [-0.4, -0.2) is 65.7 Å². The average Bonchev–Trinajstić information content (AvgIpc) is 3.28. The second kappa shape index (κ2) is 11.0. The van der Waals surface area contributed by atoms with Gasteiger partial charge >= 0.3 is 0 Å². The van der Waals surface area contributed by atoms with Gasteiger partial charge in [0, 0.05) is 63.7 Å². The lowest BCUT2D eigenvalue weighted by Crippen LogP contribution is -2.29. The molecule has 40 heavy (non-hydrogen) atoms. The molecule has 0 saturated carbocycles. The Morgan fingerprint density at radius 1 is 0.950 bits per heavy atom. The van der Waals surface area contributed by atoms with Crippen LogP contribution < -0.4 is 14.4 Å². The molecule has 5 rings (SSSR count). The highest BCUT2D eigenvalue weighted by Gasteiger charge is 2.21. The molecule has 1 aliphatic rings. The largest absolute Gasteiger partial charge is 0.439 e. The van der Waals surface area contributed by atoms with Crippen LogP contribution in [0.5, 0.6) is 11.6 Å². The van der Waals surface area contributed by atoms with E-state index in [0.29, 0.717) is 31.0 Å². The number of aryl methyl sites for hydroxylation is 3. The first-order chi connectivity index (χ1) is 19.1. The predicted molar refractivity (Wildman–Crippen MR) is 152 cm³/mol. The molecule has 1 saturated heterocycles. The van der Waals surface area contributed by atoms with Gasteiger partial charge in [-0.3, -0.25) is 9.48 Å². The molecular weight excluding hydrogens is 530 g/mol. The van der Waals surface area contributed by atoms with E-state index in [-0.39, 0.29) is 22.6 Å². The normalized spacial score (nSPS) is 14.2. The highest BCUT2D eigenvalue weighted by Crippen LogP contribution is 2.31. The summed E-state index contributed by atoms with van der Waals surface area (Å²) in [7, 11) is -0.517. The van der Waals surface area contributed by atoms with Gasteiger partial charge in [0.2, 0.25) is 17.7 Å². The summed E-state index contributed by atoms with van der Waals surface area (Å²) in [4.78, 5) is 24.9. The van der Waals surface area contributed by atoms with Gasteiger partial charge in [-0.2, -0.15) is 10.1 Å². The lowest BCUT2D eigenvalue weighted by molar-refractivity contribution is -0.129. The molecule has 1 aliphatic heterocycles. The molecule has 1 N–H and O–H groups in total. The molecule has 0 spiro atoms. The zero-order valence-electron chi connectivity index (χ0n) is 22.8. The Morgan fingerprint density at radius 3 is 2.35 bits per heavy atom. The number of carbonyl (C=O) groups excluding carboxylic acids is 1. The summed E-state index contributed by atoms with van der Waals surface area (Å²) in [5.74, 6) is 0.736. The molecular formula is C28H31N7O4S. The van der Waals surface area contributed by atoms with Crippen molar-refractivity contribution in [3.8, 4) is 22.9 Å². The van der Waals surface area contributed by atoms with Crippen molar-refractivity contribution in [3.05, 3.63) is 72.1 Å². The van der Waals surface area contributed by atoms with Gasteiger partial charge in [0.25, 0.3) is 10.0 Å². The molecule has 0 unspecified atom stereocenters. The molecule has 11 nitrogen and oxygen atoms in total. The van der Waals surface area contributed by atoms with Gasteiger partial charge in [-0.15, -0.1) is 0 Å². The SMILES string of the molecule is Cc1cccc(C)c1-c1cc(Oc2ccc(N3CCC(=O)N(C)CC3)cc2)nc(NS(=O)(=O)c2cnn(C)c2)n1. The molecule has 0 radical (unpaired) electrons. The van der Waals surface area contributed by atoms with Crippen LogP contribution in [0.4, 0.5) is 11.6 Å². The van der Waals surface area contributed by atoms with Crippen molar-refractivity contribution in [3.63, 3.8) is 0 Å². The lowest BCUT2D eigenvalue weighted by Gasteiger charge is -2.22. The number of hydrogen-bond acceptors (Lipinski definition) is 8. The third-order valence-electron chi connectivity index (χ3n) is 6.81. The minimum atomic E-state index is -3.98. The number of rotatable bonds is 7. The van der Waals surface area contributed by atoms with Gasteiger partial charge in [0.05, 0.1) is 11.9 Å². The standard InChI is InChI=1S/C28H31N7O4S/c1-19-6-5-7-20(2)27(19)24-16-25(31-28(30-24)32-40(37,38)23-17-29-34(4)18-23)39-22-10-8-21(9-11-22)35-13-12-26(36)33(3)14-15-35/h5-11,16-18H,12-15H2,1-4H3,(H,30,31,32). The van der Waals surface area contributed by atoms with Crippen LogP contribution in [0.15, 0.2) is 65.8 Å². The maximum atomic E-state index is 13.0. The van der Waals surface area contributed by atoms with Gasteiger partial charge in [-0.25, -0.2) is 18.1 Å². The Kier molecular flexibility index (Phi) is 7.44. The fourth-order valence-corrected chi connectivity index (χ4v) is 5.55. The number of ether oxygens (including phenoxy) is 1. The molecule has 2 aromatic carbocycles. The van der Waals surface area contributed by atoms with E-state index in [2.05, 4.69) is 24.7 Å². The Balaban J connectivity index is 1.45.